The summed E-state index contributed by atoms with van der Waals surface area (Å²) in [5, 5.41) is 0. The lowest BCUT2D eigenvalue weighted by molar-refractivity contribution is -0.131. The maximum atomic E-state index is 12.1. The molecule has 1 nitrogen and oxygen atoms in total. The summed E-state index contributed by atoms with van der Waals surface area (Å²) in [4.78, 5) is 12.1. The Morgan fingerprint density at radius 1 is 1.21 bits per heavy atom. The predicted octanol–water partition coefficient (Wildman–Crippen LogP) is 3.74. The van der Waals surface area contributed by atoms with Crippen LogP contribution in [-0.4, -0.2) is 5.78 Å². The van der Waals surface area contributed by atoms with Crippen molar-refractivity contribution < 1.29 is 4.79 Å². The number of carbonyl (C=O) groups excluding carboxylic acids is 1. The molecule has 0 N–H and O–H groups in total. The minimum atomic E-state index is -0.0885. The second-order valence-corrected chi connectivity index (χ2v) is 5.36. The van der Waals surface area contributed by atoms with Crippen molar-refractivity contribution in [1.29, 1.82) is 0 Å². The van der Waals surface area contributed by atoms with Crippen LogP contribution in [0.5, 0.6) is 0 Å². The SMILES string of the molecule is CCC=CCC1(C)CCC(C)(C)C1=O. The highest BCUT2D eigenvalue weighted by molar-refractivity contribution is 5.91. The number of allylic oxidation sites excluding steroid dienone is 2. The lowest BCUT2D eigenvalue weighted by Crippen LogP contribution is -2.29. The summed E-state index contributed by atoms with van der Waals surface area (Å²) in [7, 11) is 0. The van der Waals surface area contributed by atoms with Crippen molar-refractivity contribution in [3.63, 3.8) is 0 Å². The second kappa shape index (κ2) is 3.88. The molecule has 0 saturated heterocycles. The van der Waals surface area contributed by atoms with Crippen LogP contribution in [0.2, 0.25) is 0 Å². The van der Waals surface area contributed by atoms with Gasteiger partial charge in [-0.05, 0) is 25.7 Å². The molecule has 1 rings (SSSR count). The van der Waals surface area contributed by atoms with Gasteiger partial charge in [0.05, 0.1) is 0 Å². The second-order valence-electron chi connectivity index (χ2n) is 5.36. The van der Waals surface area contributed by atoms with Crippen LogP contribution in [0.4, 0.5) is 0 Å². The van der Waals surface area contributed by atoms with E-state index in [4.69, 9.17) is 0 Å². The predicted molar refractivity (Wildman–Crippen MR) is 60.2 cm³/mol. The van der Waals surface area contributed by atoms with Crippen molar-refractivity contribution in [3.8, 4) is 0 Å². The van der Waals surface area contributed by atoms with E-state index in [1.165, 1.54) is 0 Å². The summed E-state index contributed by atoms with van der Waals surface area (Å²) in [6.45, 7) is 8.39. The largest absolute Gasteiger partial charge is 0.298 e. The van der Waals surface area contributed by atoms with Crippen LogP contribution in [0.25, 0.3) is 0 Å². The smallest absolute Gasteiger partial charge is 0.144 e. The summed E-state index contributed by atoms with van der Waals surface area (Å²) < 4.78 is 0. The highest BCUT2D eigenvalue weighted by Crippen LogP contribution is 2.47. The van der Waals surface area contributed by atoms with E-state index < -0.39 is 0 Å². The van der Waals surface area contributed by atoms with Gasteiger partial charge in [0.2, 0.25) is 0 Å². The first kappa shape index (κ1) is 11.5. The van der Waals surface area contributed by atoms with E-state index in [1.54, 1.807) is 0 Å². The van der Waals surface area contributed by atoms with Crippen molar-refractivity contribution in [1.82, 2.24) is 0 Å². The van der Waals surface area contributed by atoms with Gasteiger partial charge in [-0.25, -0.2) is 0 Å². The quantitative estimate of drug-likeness (QED) is 0.625. The Morgan fingerprint density at radius 3 is 2.29 bits per heavy atom. The summed E-state index contributed by atoms with van der Waals surface area (Å²) in [5.41, 5.74) is -0.177. The van der Waals surface area contributed by atoms with Gasteiger partial charge in [0.15, 0.2) is 0 Å². The van der Waals surface area contributed by atoms with Crippen LogP contribution in [-0.2, 0) is 4.79 Å². The summed E-state index contributed by atoms with van der Waals surface area (Å²) in [5.74, 6) is 0.450. The molecular formula is C13H22O. The number of ketones is 1. The normalized spacial score (nSPS) is 31.6. The Labute approximate surface area is 87.6 Å². The van der Waals surface area contributed by atoms with Crippen LogP contribution in [0.15, 0.2) is 12.2 Å². The van der Waals surface area contributed by atoms with Gasteiger partial charge in [-0.15, -0.1) is 0 Å². The monoisotopic (exact) mass is 194 g/mol. The first-order valence-electron chi connectivity index (χ1n) is 5.62. The van der Waals surface area contributed by atoms with Gasteiger partial charge in [0, 0.05) is 10.8 Å². The van der Waals surface area contributed by atoms with Crippen LogP contribution < -0.4 is 0 Å². The fraction of sp³-hybridized carbons (Fsp3) is 0.769. The Bertz CT molecular complexity index is 250. The van der Waals surface area contributed by atoms with Crippen LogP contribution in [0.1, 0.15) is 53.4 Å². The van der Waals surface area contributed by atoms with Crippen molar-refractivity contribution >= 4 is 5.78 Å². The van der Waals surface area contributed by atoms with Crippen molar-refractivity contribution in [2.75, 3.05) is 0 Å². The molecular weight excluding hydrogens is 172 g/mol. The minimum absolute atomic E-state index is 0.0881. The van der Waals surface area contributed by atoms with Gasteiger partial charge in [-0.3, -0.25) is 4.79 Å². The zero-order chi connectivity index (χ0) is 10.8. The zero-order valence-electron chi connectivity index (χ0n) is 9.89. The van der Waals surface area contributed by atoms with Gasteiger partial charge in [0.1, 0.15) is 5.78 Å². The Kier molecular flexibility index (Phi) is 3.18. The standard InChI is InChI=1S/C13H22O/c1-5-6-7-8-13(4)10-9-12(2,3)11(13)14/h6-7H,5,8-10H2,1-4H3. The fourth-order valence-corrected chi connectivity index (χ4v) is 2.34. The summed E-state index contributed by atoms with van der Waals surface area (Å²) in [6.07, 6.45) is 8.40. The molecule has 1 aliphatic carbocycles. The number of hydrogen-bond donors (Lipinski definition) is 0. The molecule has 0 aromatic heterocycles. The molecule has 1 atom stereocenters. The Morgan fingerprint density at radius 2 is 1.86 bits per heavy atom. The van der Waals surface area contributed by atoms with Crippen LogP contribution >= 0.6 is 0 Å². The molecule has 80 valence electrons. The number of rotatable bonds is 3. The molecule has 1 aliphatic rings. The van der Waals surface area contributed by atoms with Gasteiger partial charge in [-0.1, -0.05) is 39.8 Å². The topological polar surface area (TPSA) is 17.1 Å². The number of hydrogen-bond acceptors (Lipinski definition) is 1. The van der Waals surface area contributed by atoms with Crippen molar-refractivity contribution in [2.45, 2.75) is 53.4 Å². The molecule has 1 fully saturated rings. The molecule has 0 spiro atoms. The van der Waals surface area contributed by atoms with E-state index in [0.717, 1.165) is 25.7 Å². The molecule has 0 radical (unpaired) electrons. The Hall–Kier alpha value is -0.590. The lowest BCUT2D eigenvalue weighted by Gasteiger charge is -2.23. The average molecular weight is 194 g/mol. The molecule has 14 heavy (non-hydrogen) atoms. The van der Waals surface area contributed by atoms with Crippen LogP contribution in [0, 0.1) is 10.8 Å². The maximum Gasteiger partial charge on any atom is 0.144 e. The summed E-state index contributed by atoms with van der Waals surface area (Å²) in [6, 6.07) is 0. The third-order valence-corrected chi connectivity index (χ3v) is 3.44. The Balaban J connectivity index is 2.68. The van der Waals surface area contributed by atoms with Gasteiger partial charge < -0.3 is 0 Å². The molecule has 0 heterocycles. The highest BCUT2D eigenvalue weighted by Gasteiger charge is 2.47. The van der Waals surface area contributed by atoms with Gasteiger partial charge in [-0.2, -0.15) is 0 Å². The van der Waals surface area contributed by atoms with Crippen molar-refractivity contribution in [2.24, 2.45) is 10.8 Å². The van der Waals surface area contributed by atoms with E-state index in [9.17, 15) is 4.79 Å². The first-order chi connectivity index (χ1) is 6.42. The molecule has 1 unspecified atom stereocenters. The van der Waals surface area contributed by atoms with Crippen LogP contribution in [0.3, 0.4) is 0 Å². The maximum absolute atomic E-state index is 12.1. The fourth-order valence-electron chi connectivity index (χ4n) is 2.34. The highest BCUT2D eigenvalue weighted by atomic mass is 16.1. The summed E-state index contributed by atoms with van der Waals surface area (Å²) >= 11 is 0. The molecule has 0 aromatic carbocycles. The van der Waals surface area contributed by atoms with Gasteiger partial charge in [0.25, 0.3) is 0 Å². The van der Waals surface area contributed by atoms with Gasteiger partial charge >= 0.3 is 0 Å². The zero-order valence-corrected chi connectivity index (χ0v) is 9.89. The van der Waals surface area contributed by atoms with E-state index in [-0.39, 0.29) is 10.8 Å². The van der Waals surface area contributed by atoms with E-state index in [1.807, 2.05) is 0 Å². The third kappa shape index (κ3) is 2.08. The van der Waals surface area contributed by atoms with Crippen molar-refractivity contribution in [3.05, 3.63) is 12.2 Å². The number of Topliss-reactive ketones (excluding diaryl/α,β-unsaturated/α-hetero) is 1. The number of carbonyl (C=O) groups is 1. The van der Waals surface area contributed by atoms with E-state index in [2.05, 4.69) is 39.8 Å². The minimum Gasteiger partial charge on any atom is -0.298 e. The van der Waals surface area contributed by atoms with E-state index in [0.29, 0.717) is 5.78 Å². The molecule has 1 heteroatoms. The average Bonchev–Trinajstić information content (AvgIpc) is 2.32. The molecule has 0 bridgehead atoms. The molecule has 0 aromatic rings. The molecule has 0 amide bonds. The van der Waals surface area contributed by atoms with E-state index >= 15 is 0 Å². The first-order valence-corrected chi connectivity index (χ1v) is 5.62. The third-order valence-electron chi connectivity index (χ3n) is 3.44. The molecule has 1 saturated carbocycles. The molecule has 0 aliphatic heterocycles. The lowest BCUT2D eigenvalue weighted by atomic mass is 9.79.